The van der Waals surface area contributed by atoms with Gasteiger partial charge in [-0.25, -0.2) is 15.0 Å². The van der Waals surface area contributed by atoms with Crippen molar-refractivity contribution in [3.05, 3.63) is 265 Å². The van der Waals surface area contributed by atoms with Crippen LogP contribution in [0.25, 0.3) is 110 Å². The van der Waals surface area contributed by atoms with Crippen LogP contribution in [-0.4, -0.2) is 19.9 Å². The Morgan fingerprint density at radius 2 is 0.913 bits per heavy atom. The lowest BCUT2D eigenvalue weighted by atomic mass is 9.67. The highest BCUT2D eigenvalue weighted by Crippen LogP contribution is 2.57. The van der Waals surface area contributed by atoms with E-state index in [0.717, 1.165) is 93.9 Å². The van der Waals surface area contributed by atoms with E-state index in [1.54, 1.807) is 0 Å². The summed E-state index contributed by atoms with van der Waals surface area (Å²) < 4.78 is 0. The first-order chi connectivity index (χ1) is 34.2. The van der Waals surface area contributed by atoms with Gasteiger partial charge in [-0.05, 0) is 86.8 Å². The number of fused-ring (bicyclic) bond motifs is 10. The Balaban J connectivity index is 0.936. The standard InChI is InChI=1S/C65H40N4/c1-4-16-41(17-5-1)58-35-31-42-29-30-43-32-36-60(69-63(43)62(42)67-58)51-34-33-48(64-52(51)26-15-37-66-64)44-18-14-19-45(38-44)61-55-39-54-49-24-10-12-27-56(49)65(46-20-6-2-7-21-46,47-22-8-3-9-23-47)57(54)40-53(55)50-25-11-13-28-59(50)68-61/h1-40H. The third-order valence-electron chi connectivity index (χ3n) is 14.4. The van der Waals surface area contributed by atoms with E-state index in [9.17, 15) is 0 Å². The van der Waals surface area contributed by atoms with Gasteiger partial charge in [0, 0.05) is 55.4 Å². The van der Waals surface area contributed by atoms with Crippen LogP contribution in [0.1, 0.15) is 22.3 Å². The summed E-state index contributed by atoms with van der Waals surface area (Å²) in [6.45, 7) is 0. The minimum absolute atomic E-state index is 0.508. The van der Waals surface area contributed by atoms with Gasteiger partial charge in [-0.1, -0.05) is 194 Å². The quantitative estimate of drug-likeness (QED) is 0.156. The van der Waals surface area contributed by atoms with Gasteiger partial charge in [-0.3, -0.25) is 4.98 Å². The van der Waals surface area contributed by atoms with E-state index in [4.69, 9.17) is 19.9 Å². The monoisotopic (exact) mass is 876 g/mol. The highest BCUT2D eigenvalue weighted by atomic mass is 14.8. The number of hydrogen-bond donors (Lipinski definition) is 0. The maximum Gasteiger partial charge on any atom is 0.0972 e. The van der Waals surface area contributed by atoms with E-state index < -0.39 is 5.41 Å². The summed E-state index contributed by atoms with van der Waals surface area (Å²) in [4.78, 5) is 21.1. The van der Waals surface area contributed by atoms with Crippen LogP contribution in [0, 0.1) is 0 Å². The molecule has 0 radical (unpaired) electrons. The summed E-state index contributed by atoms with van der Waals surface area (Å²) in [6, 6.07) is 85.0. The molecule has 1 aliphatic carbocycles. The van der Waals surface area contributed by atoms with Crippen molar-refractivity contribution in [1.82, 2.24) is 19.9 Å². The van der Waals surface area contributed by atoms with Gasteiger partial charge in [-0.2, -0.15) is 0 Å². The molecule has 4 aromatic heterocycles. The average molecular weight is 877 g/mol. The molecule has 1 aliphatic rings. The van der Waals surface area contributed by atoms with Crippen LogP contribution in [0.15, 0.2) is 243 Å². The molecule has 4 nitrogen and oxygen atoms in total. The van der Waals surface area contributed by atoms with E-state index >= 15 is 0 Å². The Kier molecular flexibility index (Phi) is 8.77. The minimum atomic E-state index is -0.508. The number of para-hydroxylation sites is 1. The number of hydrogen-bond acceptors (Lipinski definition) is 4. The summed E-state index contributed by atoms with van der Waals surface area (Å²) >= 11 is 0. The zero-order chi connectivity index (χ0) is 45.5. The van der Waals surface area contributed by atoms with E-state index in [1.807, 2.05) is 30.5 Å². The van der Waals surface area contributed by atoms with Crippen molar-refractivity contribution in [3.8, 4) is 56.0 Å². The van der Waals surface area contributed by atoms with Gasteiger partial charge in [-0.15, -0.1) is 0 Å². The first-order valence-corrected chi connectivity index (χ1v) is 23.5. The fraction of sp³-hybridized carbons (Fsp3) is 0.0154. The molecular formula is C65H40N4. The van der Waals surface area contributed by atoms with Crippen molar-refractivity contribution in [2.45, 2.75) is 5.41 Å². The van der Waals surface area contributed by atoms with Crippen LogP contribution in [0.2, 0.25) is 0 Å². The number of pyridine rings is 4. The lowest BCUT2D eigenvalue weighted by Crippen LogP contribution is -2.28. The second-order valence-corrected chi connectivity index (χ2v) is 18.1. The first kappa shape index (κ1) is 39.1. The van der Waals surface area contributed by atoms with Gasteiger partial charge in [0.1, 0.15) is 0 Å². The predicted octanol–water partition coefficient (Wildman–Crippen LogP) is 16.1. The van der Waals surface area contributed by atoms with E-state index in [1.165, 1.54) is 38.8 Å². The summed E-state index contributed by atoms with van der Waals surface area (Å²) in [5.41, 5.74) is 18.7. The Bertz CT molecular complexity index is 4150. The maximum absolute atomic E-state index is 5.50. The molecule has 0 atom stereocenters. The minimum Gasteiger partial charge on any atom is -0.256 e. The number of rotatable bonds is 6. The molecule has 0 saturated heterocycles. The molecule has 4 heterocycles. The maximum atomic E-state index is 5.50. The number of benzene rings is 9. The van der Waals surface area contributed by atoms with E-state index in [2.05, 4.69) is 212 Å². The zero-order valence-corrected chi connectivity index (χ0v) is 37.4. The Labute approximate surface area is 398 Å². The summed E-state index contributed by atoms with van der Waals surface area (Å²) in [7, 11) is 0. The smallest absolute Gasteiger partial charge is 0.0972 e. The van der Waals surface area contributed by atoms with E-state index in [0.29, 0.717) is 0 Å². The highest BCUT2D eigenvalue weighted by molar-refractivity contribution is 6.14. The molecule has 0 unspecified atom stereocenters. The molecule has 0 amide bonds. The molecule has 320 valence electrons. The molecule has 0 spiro atoms. The summed E-state index contributed by atoms with van der Waals surface area (Å²) in [5, 5.41) is 6.58. The van der Waals surface area contributed by atoms with Crippen molar-refractivity contribution < 1.29 is 0 Å². The van der Waals surface area contributed by atoms with Gasteiger partial charge in [0.2, 0.25) is 0 Å². The average Bonchev–Trinajstić information content (AvgIpc) is 3.72. The molecule has 4 heteroatoms. The largest absolute Gasteiger partial charge is 0.256 e. The molecule has 0 saturated carbocycles. The van der Waals surface area contributed by atoms with Crippen molar-refractivity contribution in [3.63, 3.8) is 0 Å². The van der Waals surface area contributed by atoms with Crippen LogP contribution in [-0.2, 0) is 5.41 Å². The van der Waals surface area contributed by atoms with Crippen molar-refractivity contribution in [2.24, 2.45) is 0 Å². The predicted molar refractivity (Wildman–Crippen MR) is 284 cm³/mol. The Morgan fingerprint density at radius 1 is 0.304 bits per heavy atom. The topological polar surface area (TPSA) is 51.6 Å². The fourth-order valence-corrected chi connectivity index (χ4v) is 11.3. The van der Waals surface area contributed by atoms with Crippen LogP contribution >= 0.6 is 0 Å². The third-order valence-corrected chi connectivity index (χ3v) is 14.4. The highest BCUT2D eigenvalue weighted by Gasteiger charge is 2.46. The fourth-order valence-electron chi connectivity index (χ4n) is 11.3. The molecule has 0 bridgehead atoms. The Hall–Kier alpha value is -9.12. The zero-order valence-electron chi connectivity index (χ0n) is 37.4. The molecule has 0 aliphatic heterocycles. The second kappa shape index (κ2) is 15.5. The summed E-state index contributed by atoms with van der Waals surface area (Å²) in [6.07, 6.45) is 1.89. The number of nitrogens with zero attached hydrogens (tertiary/aromatic N) is 4. The normalized spacial score (nSPS) is 12.8. The van der Waals surface area contributed by atoms with Gasteiger partial charge < -0.3 is 0 Å². The molecule has 0 fully saturated rings. The van der Waals surface area contributed by atoms with Crippen LogP contribution in [0.4, 0.5) is 0 Å². The molecular weight excluding hydrogens is 837 g/mol. The lowest BCUT2D eigenvalue weighted by molar-refractivity contribution is 0.769. The van der Waals surface area contributed by atoms with Gasteiger partial charge in [0.05, 0.1) is 44.6 Å². The SMILES string of the molecule is c1ccc(-c2ccc3ccc4ccc(-c5ccc(-c6cccc(-c7nc8ccccc8c8cc9c(cc78)-c7ccccc7C9(c7ccccc7)c7ccccc7)c6)c6ncccc56)nc4c3n2)cc1. The molecule has 14 rings (SSSR count). The lowest BCUT2D eigenvalue weighted by Gasteiger charge is -2.34. The second-order valence-electron chi connectivity index (χ2n) is 18.1. The first-order valence-electron chi connectivity index (χ1n) is 23.5. The van der Waals surface area contributed by atoms with Crippen LogP contribution < -0.4 is 0 Å². The van der Waals surface area contributed by atoms with Crippen molar-refractivity contribution in [2.75, 3.05) is 0 Å². The van der Waals surface area contributed by atoms with Crippen molar-refractivity contribution in [1.29, 1.82) is 0 Å². The molecule has 69 heavy (non-hydrogen) atoms. The van der Waals surface area contributed by atoms with Gasteiger partial charge in [0.15, 0.2) is 0 Å². The summed E-state index contributed by atoms with van der Waals surface area (Å²) in [5.74, 6) is 0. The molecule has 13 aromatic rings. The van der Waals surface area contributed by atoms with Crippen LogP contribution in [0.3, 0.4) is 0 Å². The van der Waals surface area contributed by atoms with Crippen LogP contribution in [0.5, 0.6) is 0 Å². The Morgan fingerprint density at radius 3 is 1.70 bits per heavy atom. The van der Waals surface area contributed by atoms with Gasteiger partial charge in [0.25, 0.3) is 0 Å². The van der Waals surface area contributed by atoms with Gasteiger partial charge >= 0.3 is 0 Å². The number of aromatic nitrogens is 4. The third kappa shape index (κ3) is 6.02. The molecule has 0 N–H and O–H groups in total. The molecule has 9 aromatic carbocycles. The van der Waals surface area contributed by atoms with E-state index in [-0.39, 0.29) is 0 Å². The van der Waals surface area contributed by atoms with Crippen molar-refractivity contribution >= 4 is 54.4 Å².